The van der Waals surface area contributed by atoms with Gasteiger partial charge in [-0.15, -0.1) is 0 Å². The summed E-state index contributed by atoms with van der Waals surface area (Å²) in [6.07, 6.45) is 0. The van der Waals surface area contributed by atoms with Crippen LogP contribution in [0.5, 0.6) is 0 Å². The summed E-state index contributed by atoms with van der Waals surface area (Å²) >= 11 is 0. The average Bonchev–Trinajstić information content (AvgIpc) is 2.48. The summed E-state index contributed by atoms with van der Waals surface area (Å²) in [6, 6.07) is 12.7. The average molecular weight is 257 g/mol. The lowest BCUT2D eigenvalue weighted by Gasteiger charge is -2.34. The first-order chi connectivity index (χ1) is 9.36. The van der Waals surface area contributed by atoms with Crippen LogP contribution >= 0.6 is 0 Å². The topological polar surface area (TPSA) is 51.4 Å². The Balaban J connectivity index is 1.80. The molecule has 0 radical (unpaired) electrons. The first-order valence-corrected chi connectivity index (χ1v) is 6.73. The molecule has 1 saturated heterocycles. The molecular weight excluding hydrogens is 238 g/mol. The van der Waals surface area contributed by atoms with Gasteiger partial charge in [-0.2, -0.15) is 0 Å². The van der Waals surface area contributed by atoms with Crippen LogP contribution in [0.1, 0.15) is 5.69 Å². The fourth-order valence-electron chi connectivity index (χ4n) is 2.52. The maximum Gasteiger partial charge on any atom is 0.0705 e. The van der Waals surface area contributed by atoms with Crippen LogP contribution in [0, 0.1) is 0 Å². The molecule has 0 spiro atoms. The first kappa shape index (κ1) is 12.5. The van der Waals surface area contributed by atoms with Crippen molar-refractivity contribution < 1.29 is 4.74 Å². The second-order valence-electron chi connectivity index (χ2n) is 4.93. The van der Waals surface area contributed by atoms with E-state index in [1.165, 1.54) is 5.39 Å². The van der Waals surface area contributed by atoms with Crippen LogP contribution in [0.25, 0.3) is 10.9 Å². The number of para-hydroxylation sites is 1. The lowest BCUT2D eigenvalue weighted by molar-refractivity contribution is -0.00842. The number of nitrogens with two attached hydrogens (primary N) is 1. The predicted molar refractivity (Wildman–Crippen MR) is 75.8 cm³/mol. The zero-order chi connectivity index (χ0) is 13.1. The Labute approximate surface area is 113 Å². The Morgan fingerprint density at radius 3 is 3.05 bits per heavy atom. The number of aromatic nitrogens is 1. The maximum absolute atomic E-state index is 5.80. The van der Waals surface area contributed by atoms with E-state index in [-0.39, 0.29) is 0 Å². The van der Waals surface area contributed by atoms with Gasteiger partial charge in [0, 0.05) is 31.1 Å². The van der Waals surface area contributed by atoms with Crippen molar-refractivity contribution in [1.29, 1.82) is 0 Å². The fourth-order valence-corrected chi connectivity index (χ4v) is 2.52. The van der Waals surface area contributed by atoms with Gasteiger partial charge in [-0.3, -0.25) is 9.88 Å². The molecule has 19 heavy (non-hydrogen) atoms. The van der Waals surface area contributed by atoms with Crippen molar-refractivity contribution in [3.63, 3.8) is 0 Å². The molecule has 2 heterocycles. The summed E-state index contributed by atoms with van der Waals surface area (Å²) in [5.74, 6) is 0. The number of hydrogen-bond acceptors (Lipinski definition) is 4. The molecule has 4 heteroatoms. The molecule has 1 fully saturated rings. The maximum atomic E-state index is 5.80. The molecule has 0 aliphatic carbocycles. The van der Waals surface area contributed by atoms with Crippen molar-refractivity contribution in [3.8, 4) is 0 Å². The van der Waals surface area contributed by atoms with Crippen molar-refractivity contribution in [2.75, 3.05) is 26.3 Å². The van der Waals surface area contributed by atoms with E-state index in [4.69, 9.17) is 15.5 Å². The van der Waals surface area contributed by atoms with Gasteiger partial charge in [0.2, 0.25) is 0 Å². The van der Waals surface area contributed by atoms with Gasteiger partial charge in [-0.1, -0.05) is 24.3 Å². The van der Waals surface area contributed by atoms with Crippen molar-refractivity contribution >= 4 is 10.9 Å². The van der Waals surface area contributed by atoms with Gasteiger partial charge in [-0.05, 0) is 12.1 Å². The predicted octanol–water partition coefficient (Wildman–Crippen LogP) is 1.39. The molecule has 3 rings (SSSR count). The Morgan fingerprint density at radius 1 is 1.26 bits per heavy atom. The molecule has 1 aromatic carbocycles. The molecule has 1 atom stereocenters. The molecule has 0 bridgehead atoms. The van der Waals surface area contributed by atoms with Gasteiger partial charge in [0.05, 0.1) is 24.4 Å². The monoisotopic (exact) mass is 257 g/mol. The molecule has 1 aliphatic heterocycles. The first-order valence-electron chi connectivity index (χ1n) is 6.73. The van der Waals surface area contributed by atoms with Crippen molar-refractivity contribution in [2.24, 2.45) is 5.73 Å². The van der Waals surface area contributed by atoms with Gasteiger partial charge in [0.1, 0.15) is 0 Å². The molecular formula is C15H19N3O. The largest absolute Gasteiger partial charge is 0.378 e. The van der Waals surface area contributed by atoms with Crippen LogP contribution in [0.3, 0.4) is 0 Å². The molecule has 0 amide bonds. The number of ether oxygens (including phenoxy) is 1. The summed E-state index contributed by atoms with van der Waals surface area (Å²) in [5, 5.41) is 1.18. The van der Waals surface area contributed by atoms with Crippen molar-refractivity contribution in [2.45, 2.75) is 12.6 Å². The molecule has 1 unspecified atom stereocenters. The summed E-state index contributed by atoms with van der Waals surface area (Å²) < 4.78 is 5.47. The SMILES string of the molecule is NCC1COCCN1Cc1ccc2ccccc2n1. The Bertz CT molecular complexity index is 558. The second kappa shape index (κ2) is 5.65. The summed E-state index contributed by atoms with van der Waals surface area (Å²) in [6.45, 7) is 3.91. The standard InChI is InChI=1S/C15H19N3O/c16-9-14-11-19-8-7-18(14)10-13-6-5-12-3-1-2-4-15(12)17-13/h1-6,14H,7-11,16H2. The Hall–Kier alpha value is -1.49. The van der Waals surface area contributed by atoms with Gasteiger partial charge in [0.15, 0.2) is 0 Å². The third-order valence-electron chi connectivity index (χ3n) is 3.64. The van der Waals surface area contributed by atoms with Gasteiger partial charge in [-0.25, -0.2) is 0 Å². The van der Waals surface area contributed by atoms with Crippen LogP contribution in [-0.2, 0) is 11.3 Å². The third kappa shape index (κ3) is 2.76. The minimum atomic E-state index is 0.307. The van der Waals surface area contributed by atoms with E-state index in [2.05, 4.69) is 29.2 Å². The highest BCUT2D eigenvalue weighted by atomic mass is 16.5. The summed E-state index contributed by atoms with van der Waals surface area (Å²) in [5.41, 5.74) is 7.95. The summed E-state index contributed by atoms with van der Waals surface area (Å²) in [4.78, 5) is 7.08. The molecule has 2 aromatic rings. The summed E-state index contributed by atoms with van der Waals surface area (Å²) in [7, 11) is 0. The number of nitrogens with zero attached hydrogens (tertiary/aromatic N) is 2. The van der Waals surface area contributed by atoms with E-state index < -0.39 is 0 Å². The Kier molecular flexibility index (Phi) is 3.73. The number of rotatable bonds is 3. The smallest absolute Gasteiger partial charge is 0.0705 e. The fraction of sp³-hybridized carbons (Fsp3) is 0.400. The molecule has 2 N–H and O–H groups in total. The van der Waals surface area contributed by atoms with E-state index >= 15 is 0 Å². The number of morpholine rings is 1. The lowest BCUT2D eigenvalue weighted by Crippen LogP contribution is -2.48. The number of pyridine rings is 1. The quantitative estimate of drug-likeness (QED) is 0.903. The number of hydrogen-bond donors (Lipinski definition) is 1. The normalized spacial score (nSPS) is 20.8. The zero-order valence-electron chi connectivity index (χ0n) is 11.0. The zero-order valence-corrected chi connectivity index (χ0v) is 11.0. The molecule has 4 nitrogen and oxygen atoms in total. The van der Waals surface area contributed by atoms with Gasteiger partial charge in [0.25, 0.3) is 0 Å². The van der Waals surface area contributed by atoms with Crippen molar-refractivity contribution in [1.82, 2.24) is 9.88 Å². The molecule has 0 saturated carbocycles. The van der Waals surface area contributed by atoms with Crippen LogP contribution < -0.4 is 5.73 Å². The second-order valence-corrected chi connectivity index (χ2v) is 4.93. The van der Waals surface area contributed by atoms with Crippen LogP contribution in [0.2, 0.25) is 0 Å². The highest BCUT2D eigenvalue weighted by Gasteiger charge is 2.21. The third-order valence-corrected chi connectivity index (χ3v) is 3.64. The van der Waals surface area contributed by atoms with E-state index in [9.17, 15) is 0 Å². The number of fused-ring (bicyclic) bond motifs is 1. The van der Waals surface area contributed by atoms with Crippen LogP contribution in [-0.4, -0.2) is 42.2 Å². The van der Waals surface area contributed by atoms with Gasteiger partial charge < -0.3 is 10.5 Å². The highest BCUT2D eigenvalue weighted by molar-refractivity contribution is 5.78. The molecule has 1 aliphatic rings. The van der Waals surface area contributed by atoms with Crippen LogP contribution in [0.4, 0.5) is 0 Å². The Morgan fingerprint density at radius 2 is 2.16 bits per heavy atom. The minimum absolute atomic E-state index is 0.307. The lowest BCUT2D eigenvalue weighted by atomic mass is 10.1. The number of benzene rings is 1. The van der Waals surface area contributed by atoms with Crippen LogP contribution in [0.15, 0.2) is 36.4 Å². The highest BCUT2D eigenvalue weighted by Crippen LogP contribution is 2.15. The van der Waals surface area contributed by atoms with E-state index in [0.29, 0.717) is 12.6 Å². The van der Waals surface area contributed by atoms with Crippen molar-refractivity contribution in [3.05, 3.63) is 42.1 Å². The molecule has 1 aromatic heterocycles. The van der Waals surface area contributed by atoms with E-state index in [1.54, 1.807) is 0 Å². The minimum Gasteiger partial charge on any atom is -0.378 e. The van der Waals surface area contributed by atoms with E-state index in [1.807, 2.05) is 12.1 Å². The van der Waals surface area contributed by atoms with Gasteiger partial charge >= 0.3 is 0 Å². The molecule has 100 valence electrons. The van der Waals surface area contributed by atoms with E-state index in [0.717, 1.165) is 37.5 Å².